The van der Waals surface area contributed by atoms with Crippen molar-refractivity contribution < 1.29 is 4.79 Å². The molecule has 1 aromatic heterocycles. The molecule has 0 aliphatic heterocycles. The number of hydrogen-bond donors (Lipinski definition) is 0. The van der Waals surface area contributed by atoms with Crippen LogP contribution < -0.4 is 0 Å². The van der Waals surface area contributed by atoms with Crippen LogP contribution in [0.5, 0.6) is 0 Å². The highest BCUT2D eigenvalue weighted by molar-refractivity contribution is 9.25. The van der Waals surface area contributed by atoms with Crippen molar-refractivity contribution in [1.29, 1.82) is 0 Å². The van der Waals surface area contributed by atoms with E-state index in [1.807, 2.05) is 0 Å². The molecule has 0 amide bonds. The maximum atomic E-state index is 11.1. The average molecular weight is 280 g/mol. The Morgan fingerprint density at radius 1 is 1.36 bits per heavy atom. The number of carbonyl (C=O) groups is 1. The molecule has 0 aliphatic rings. The molecule has 0 saturated carbocycles. The van der Waals surface area contributed by atoms with E-state index in [9.17, 15) is 4.79 Å². The molecule has 0 N–H and O–H groups in total. The van der Waals surface area contributed by atoms with E-state index in [1.54, 1.807) is 6.07 Å². The lowest BCUT2D eigenvalue weighted by Gasteiger charge is -1.96. The van der Waals surface area contributed by atoms with Gasteiger partial charge < -0.3 is 0 Å². The molecular weight excluding hydrogens is 276 g/mol. The summed E-state index contributed by atoms with van der Waals surface area (Å²) >= 11 is 6.13. The van der Waals surface area contributed by atoms with Crippen LogP contribution in [-0.4, -0.2) is 19.5 Å². The molecule has 0 aromatic carbocycles. The van der Waals surface area contributed by atoms with Crippen molar-refractivity contribution in [2.24, 2.45) is 0 Å². The van der Waals surface area contributed by atoms with E-state index in [4.69, 9.17) is 0 Å². The number of aromatic nitrogens is 2. The highest BCUT2D eigenvalue weighted by Gasteiger charge is 2.14. The standard InChI is InChI=1S/C6H4Br2N2O/c7-5(8)4(11)6-9-2-1-3-10-6/h1-3,5H. The predicted molar refractivity (Wildman–Crippen MR) is 48.0 cm³/mol. The Labute approximate surface area is 80.5 Å². The van der Waals surface area contributed by atoms with Crippen LogP contribution in [-0.2, 0) is 0 Å². The summed E-state index contributed by atoms with van der Waals surface area (Å²) in [4.78, 5) is 18.7. The Morgan fingerprint density at radius 2 is 1.91 bits per heavy atom. The molecule has 3 nitrogen and oxygen atoms in total. The predicted octanol–water partition coefficient (Wildman–Crippen LogP) is 1.78. The second-order valence-electron chi connectivity index (χ2n) is 1.74. The zero-order valence-corrected chi connectivity index (χ0v) is 8.54. The SMILES string of the molecule is O=C(c1ncccn1)C(Br)Br. The second kappa shape index (κ2) is 3.92. The monoisotopic (exact) mass is 278 g/mol. The van der Waals surface area contributed by atoms with Crippen LogP contribution in [0.15, 0.2) is 18.5 Å². The molecule has 1 aromatic rings. The summed E-state index contributed by atoms with van der Waals surface area (Å²) in [5.41, 5.74) is 0. The quantitative estimate of drug-likeness (QED) is 0.612. The maximum Gasteiger partial charge on any atom is 0.224 e. The summed E-state index contributed by atoms with van der Waals surface area (Å²) in [5, 5.41) is 0. The van der Waals surface area contributed by atoms with Crippen molar-refractivity contribution in [1.82, 2.24) is 9.97 Å². The molecular formula is C6H4Br2N2O. The Hall–Kier alpha value is -0.290. The Bertz CT molecular complexity index is 250. The Morgan fingerprint density at radius 3 is 2.36 bits per heavy atom. The minimum absolute atomic E-state index is 0.175. The van der Waals surface area contributed by atoms with Gasteiger partial charge in [-0.05, 0) is 6.07 Å². The molecule has 0 radical (unpaired) electrons. The van der Waals surface area contributed by atoms with Gasteiger partial charge in [0.25, 0.3) is 0 Å². The number of Topliss-reactive ketones (excluding diaryl/α,β-unsaturated/α-hetero) is 1. The third-order valence-corrected chi connectivity index (χ3v) is 1.82. The molecule has 11 heavy (non-hydrogen) atoms. The van der Waals surface area contributed by atoms with Crippen molar-refractivity contribution in [2.45, 2.75) is 3.74 Å². The van der Waals surface area contributed by atoms with Crippen molar-refractivity contribution in [3.05, 3.63) is 24.3 Å². The van der Waals surface area contributed by atoms with Crippen LogP contribution in [0.4, 0.5) is 0 Å². The number of alkyl halides is 2. The first-order chi connectivity index (χ1) is 5.22. The summed E-state index contributed by atoms with van der Waals surface area (Å²) in [6, 6.07) is 1.66. The summed E-state index contributed by atoms with van der Waals surface area (Å²) in [6.45, 7) is 0. The fourth-order valence-corrected chi connectivity index (χ4v) is 0.933. The van der Waals surface area contributed by atoms with Gasteiger partial charge in [-0.1, -0.05) is 31.9 Å². The topological polar surface area (TPSA) is 42.9 Å². The molecule has 0 spiro atoms. The summed E-state index contributed by atoms with van der Waals surface area (Å²) in [5.74, 6) is 0.0388. The van der Waals surface area contributed by atoms with Gasteiger partial charge in [-0.25, -0.2) is 9.97 Å². The van der Waals surface area contributed by atoms with Crippen molar-refractivity contribution in [3.63, 3.8) is 0 Å². The van der Waals surface area contributed by atoms with E-state index < -0.39 is 3.74 Å². The summed E-state index contributed by atoms with van der Waals surface area (Å²) < 4.78 is -0.405. The lowest BCUT2D eigenvalue weighted by molar-refractivity contribution is 0.100. The lowest BCUT2D eigenvalue weighted by Crippen LogP contribution is -2.10. The number of carbonyl (C=O) groups excluding carboxylic acids is 1. The van der Waals surface area contributed by atoms with Crippen LogP contribution in [0.1, 0.15) is 10.6 Å². The van der Waals surface area contributed by atoms with Gasteiger partial charge >= 0.3 is 0 Å². The summed E-state index contributed by atoms with van der Waals surface area (Å²) in [6.07, 6.45) is 3.06. The third kappa shape index (κ3) is 2.34. The van der Waals surface area contributed by atoms with Gasteiger partial charge in [-0.2, -0.15) is 0 Å². The molecule has 0 aliphatic carbocycles. The normalized spacial score (nSPS) is 10.1. The molecule has 5 heteroatoms. The fourth-order valence-electron chi connectivity index (χ4n) is 0.524. The zero-order valence-electron chi connectivity index (χ0n) is 5.37. The smallest absolute Gasteiger partial charge is 0.224 e. The number of ketones is 1. The van der Waals surface area contributed by atoms with Gasteiger partial charge in [-0.3, -0.25) is 4.79 Å². The van der Waals surface area contributed by atoms with E-state index in [0.717, 1.165) is 0 Å². The Balaban J connectivity index is 2.86. The first kappa shape index (κ1) is 8.80. The number of nitrogens with zero attached hydrogens (tertiary/aromatic N) is 2. The molecule has 0 bridgehead atoms. The van der Waals surface area contributed by atoms with E-state index >= 15 is 0 Å². The molecule has 1 rings (SSSR count). The molecule has 0 fully saturated rings. The van der Waals surface area contributed by atoms with Crippen LogP contribution in [0.2, 0.25) is 0 Å². The highest BCUT2D eigenvalue weighted by Crippen LogP contribution is 2.12. The summed E-state index contributed by atoms with van der Waals surface area (Å²) in [7, 11) is 0. The van der Waals surface area contributed by atoms with E-state index in [2.05, 4.69) is 41.8 Å². The molecule has 0 saturated heterocycles. The van der Waals surface area contributed by atoms with Crippen LogP contribution in [0.25, 0.3) is 0 Å². The Kier molecular flexibility index (Phi) is 3.14. The lowest BCUT2D eigenvalue weighted by atomic mass is 10.4. The van der Waals surface area contributed by atoms with Gasteiger partial charge in [0.2, 0.25) is 5.78 Å². The van der Waals surface area contributed by atoms with Gasteiger partial charge in [0, 0.05) is 12.4 Å². The first-order valence-electron chi connectivity index (χ1n) is 2.81. The highest BCUT2D eigenvalue weighted by atomic mass is 79.9. The van der Waals surface area contributed by atoms with E-state index in [-0.39, 0.29) is 11.6 Å². The molecule has 0 atom stereocenters. The van der Waals surface area contributed by atoms with E-state index in [0.29, 0.717) is 0 Å². The van der Waals surface area contributed by atoms with Gasteiger partial charge in [-0.15, -0.1) is 0 Å². The van der Waals surface area contributed by atoms with Gasteiger partial charge in [0.05, 0.1) is 0 Å². The zero-order chi connectivity index (χ0) is 8.27. The van der Waals surface area contributed by atoms with Crippen LogP contribution in [0.3, 0.4) is 0 Å². The fraction of sp³-hybridized carbons (Fsp3) is 0.167. The number of hydrogen-bond acceptors (Lipinski definition) is 3. The van der Waals surface area contributed by atoms with Crippen LogP contribution in [0, 0.1) is 0 Å². The minimum Gasteiger partial charge on any atom is -0.288 e. The maximum absolute atomic E-state index is 11.1. The molecule has 0 unspecified atom stereocenters. The van der Waals surface area contributed by atoms with E-state index in [1.165, 1.54) is 12.4 Å². The average Bonchev–Trinajstić information content (AvgIpc) is 2.05. The minimum atomic E-state index is -0.405. The molecule has 1 heterocycles. The number of rotatable bonds is 2. The van der Waals surface area contributed by atoms with Crippen molar-refractivity contribution in [3.8, 4) is 0 Å². The van der Waals surface area contributed by atoms with Gasteiger partial charge in [0.15, 0.2) is 5.82 Å². The second-order valence-corrected chi connectivity index (χ2v) is 4.80. The molecule has 58 valence electrons. The van der Waals surface area contributed by atoms with Crippen LogP contribution >= 0.6 is 31.9 Å². The number of halogens is 2. The van der Waals surface area contributed by atoms with Crippen molar-refractivity contribution in [2.75, 3.05) is 0 Å². The third-order valence-electron chi connectivity index (χ3n) is 0.984. The largest absolute Gasteiger partial charge is 0.288 e. The van der Waals surface area contributed by atoms with Crippen molar-refractivity contribution >= 4 is 37.6 Å². The first-order valence-corrected chi connectivity index (χ1v) is 4.64. The van der Waals surface area contributed by atoms with Gasteiger partial charge in [0.1, 0.15) is 3.74 Å².